The Morgan fingerprint density at radius 3 is 2.11 bits per heavy atom. The van der Waals surface area contributed by atoms with Gasteiger partial charge in [-0.15, -0.1) is 0 Å². The summed E-state index contributed by atoms with van der Waals surface area (Å²) >= 11 is 0. The molecule has 144 valence electrons. The van der Waals surface area contributed by atoms with Crippen LogP contribution < -0.4 is 0 Å². The lowest BCUT2D eigenvalue weighted by molar-refractivity contribution is -0.298. The molecule has 0 spiro atoms. The minimum absolute atomic E-state index is 0.193. The summed E-state index contributed by atoms with van der Waals surface area (Å²) in [7, 11) is 0. The number of ether oxygens (including phenoxy) is 4. The quantitative estimate of drug-likeness (QED) is 0.769. The first-order valence-corrected chi connectivity index (χ1v) is 9.12. The summed E-state index contributed by atoms with van der Waals surface area (Å²) in [5, 5.41) is 21.0. The molecule has 2 saturated heterocycles. The van der Waals surface area contributed by atoms with Gasteiger partial charge in [-0.2, -0.15) is 0 Å². The SMILES string of the molecule is OC[C@@]1(O)[C@H](OCc2ccccc2)[C@@H](OCc2ccccc2)[C@@H]2OC[C@H]1O2. The van der Waals surface area contributed by atoms with E-state index in [4.69, 9.17) is 18.9 Å². The zero-order valence-corrected chi connectivity index (χ0v) is 14.9. The highest BCUT2D eigenvalue weighted by Crippen LogP contribution is 2.39. The van der Waals surface area contributed by atoms with Crippen LogP contribution in [0.5, 0.6) is 0 Å². The van der Waals surface area contributed by atoms with Crippen molar-refractivity contribution in [2.24, 2.45) is 0 Å². The predicted octanol–water partition coefficient (Wildman–Crippen LogP) is 1.64. The molecule has 0 radical (unpaired) electrons. The Balaban J connectivity index is 1.53. The molecule has 0 aromatic heterocycles. The van der Waals surface area contributed by atoms with Crippen LogP contribution in [0.1, 0.15) is 11.1 Å². The summed E-state index contributed by atoms with van der Waals surface area (Å²) in [5.41, 5.74) is 0.370. The number of fused-ring (bicyclic) bond motifs is 2. The predicted molar refractivity (Wildman–Crippen MR) is 96.7 cm³/mol. The van der Waals surface area contributed by atoms with E-state index in [1.807, 2.05) is 60.7 Å². The summed E-state index contributed by atoms with van der Waals surface area (Å²) in [4.78, 5) is 0. The normalized spacial score (nSPS) is 32.5. The lowest BCUT2D eigenvalue weighted by Gasteiger charge is -2.45. The van der Waals surface area contributed by atoms with Crippen molar-refractivity contribution in [3.8, 4) is 0 Å². The van der Waals surface area contributed by atoms with Crippen LogP contribution in [0.3, 0.4) is 0 Å². The lowest BCUT2D eigenvalue weighted by Crippen LogP contribution is -2.66. The van der Waals surface area contributed by atoms with Gasteiger partial charge >= 0.3 is 0 Å². The van der Waals surface area contributed by atoms with Crippen molar-refractivity contribution < 1.29 is 29.2 Å². The van der Waals surface area contributed by atoms with Gasteiger partial charge in [0.1, 0.15) is 23.9 Å². The maximum atomic E-state index is 11.1. The third-order valence-corrected chi connectivity index (χ3v) is 5.14. The van der Waals surface area contributed by atoms with Gasteiger partial charge in [0.2, 0.25) is 0 Å². The first-order valence-electron chi connectivity index (χ1n) is 9.12. The molecule has 2 N–H and O–H groups in total. The third kappa shape index (κ3) is 3.78. The molecule has 0 unspecified atom stereocenters. The highest BCUT2D eigenvalue weighted by Gasteiger charge is 2.60. The van der Waals surface area contributed by atoms with E-state index in [2.05, 4.69) is 0 Å². The van der Waals surface area contributed by atoms with Crippen LogP contribution in [0.15, 0.2) is 60.7 Å². The lowest BCUT2D eigenvalue weighted by atomic mass is 9.86. The van der Waals surface area contributed by atoms with Gasteiger partial charge in [-0.3, -0.25) is 0 Å². The summed E-state index contributed by atoms with van der Waals surface area (Å²) in [6.45, 7) is 0.307. The molecule has 2 heterocycles. The summed E-state index contributed by atoms with van der Waals surface area (Å²) < 4.78 is 23.5. The Morgan fingerprint density at radius 2 is 1.52 bits per heavy atom. The second-order valence-corrected chi connectivity index (χ2v) is 6.95. The van der Waals surface area contributed by atoms with Crippen molar-refractivity contribution in [3.05, 3.63) is 71.8 Å². The molecule has 6 nitrogen and oxygen atoms in total. The average molecular weight is 372 g/mol. The van der Waals surface area contributed by atoms with Crippen LogP contribution >= 0.6 is 0 Å². The molecule has 2 fully saturated rings. The summed E-state index contributed by atoms with van der Waals surface area (Å²) in [5.74, 6) is 0. The van der Waals surface area contributed by atoms with Gasteiger partial charge in [0, 0.05) is 0 Å². The minimum atomic E-state index is -1.59. The molecular weight excluding hydrogens is 348 g/mol. The molecule has 0 saturated carbocycles. The van der Waals surface area contributed by atoms with E-state index in [1.165, 1.54) is 0 Å². The fourth-order valence-electron chi connectivity index (χ4n) is 3.59. The van der Waals surface area contributed by atoms with Crippen LogP contribution in [0.25, 0.3) is 0 Å². The van der Waals surface area contributed by atoms with Crippen LogP contribution in [-0.2, 0) is 32.2 Å². The van der Waals surface area contributed by atoms with Gasteiger partial charge in [0.25, 0.3) is 0 Å². The van der Waals surface area contributed by atoms with Gasteiger partial charge in [0.05, 0.1) is 26.4 Å². The number of hydrogen-bond donors (Lipinski definition) is 2. The molecule has 2 aliphatic heterocycles. The Bertz CT molecular complexity index is 724. The van der Waals surface area contributed by atoms with Crippen LogP contribution in [0, 0.1) is 0 Å². The molecule has 4 rings (SSSR count). The Morgan fingerprint density at radius 1 is 0.926 bits per heavy atom. The van der Waals surface area contributed by atoms with E-state index < -0.39 is 36.8 Å². The van der Waals surface area contributed by atoms with Crippen molar-refractivity contribution in [2.75, 3.05) is 13.2 Å². The molecule has 2 aliphatic rings. The zero-order valence-electron chi connectivity index (χ0n) is 14.9. The van der Waals surface area contributed by atoms with Crippen molar-refractivity contribution in [1.29, 1.82) is 0 Å². The molecule has 2 aromatic carbocycles. The van der Waals surface area contributed by atoms with E-state index in [0.717, 1.165) is 11.1 Å². The number of hydrogen-bond acceptors (Lipinski definition) is 6. The second kappa shape index (κ2) is 8.06. The Kier molecular flexibility index (Phi) is 5.54. The zero-order chi connectivity index (χ0) is 18.7. The smallest absolute Gasteiger partial charge is 0.187 e. The topological polar surface area (TPSA) is 77.4 Å². The van der Waals surface area contributed by atoms with Gasteiger partial charge in [0.15, 0.2) is 6.29 Å². The highest BCUT2D eigenvalue weighted by molar-refractivity contribution is 5.15. The van der Waals surface area contributed by atoms with E-state index in [1.54, 1.807) is 0 Å². The van der Waals surface area contributed by atoms with Crippen molar-refractivity contribution in [3.63, 3.8) is 0 Å². The second-order valence-electron chi connectivity index (χ2n) is 6.95. The monoisotopic (exact) mass is 372 g/mol. The minimum Gasteiger partial charge on any atom is -0.393 e. The molecule has 0 aliphatic carbocycles. The van der Waals surface area contributed by atoms with E-state index >= 15 is 0 Å². The van der Waals surface area contributed by atoms with Gasteiger partial charge < -0.3 is 29.2 Å². The Labute approximate surface area is 158 Å². The first-order chi connectivity index (χ1) is 13.2. The first kappa shape index (κ1) is 18.6. The molecule has 0 amide bonds. The summed E-state index contributed by atoms with van der Waals surface area (Å²) in [6.07, 6.45) is -2.72. The highest BCUT2D eigenvalue weighted by atomic mass is 16.8. The van der Waals surface area contributed by atoms with E-state index in [-0.39, 0.29) is 6.61 Å². The van der Waals surface area contributed by atoms with Crippen molar-refractivity contribution in [2.45, 2.75) is 43.4 Å². The molecule has 27 heavy (non-hydrogen) atoms. The van der Waals surface area contributed by atoms with E-state index in [9.17, 15) is 10.2 Å². The molecule has 2 bridgehead atoms. The fraction of sp³-hybridized carbons (Fsp3) is 0.429. The van der Waals surface area contributed by atoms with Crippen molar-refractivity contribution >= 4 is 0 Å². The van der Waals surface area contributed by atoms with Gasteiger partial charge in [-0.1, -0.05) is 60.7 Å². The van der Waals surface area contributed by atoms with E-state index in [0.29, 0.717) is 13.2 Å². The molecule has 2 aromatic rings. The molecule has 6 heteroatoms. The van der Waals surface area contributed by atoms with Gasteiger partial charge in [-0.25, -0.2) is 0 Å². The third-order valence-electron chi connectivity index (χ3n) is 5.14. The number of aliphatic hydroxyl groups is 2. The standard InChI is InChI=1S/C21H24O6/c22-14-21(23)17-13-26-20(27-17)18(24-11-15-7-3-1-4-8-15)19(21)25-12-16-9-5-2-6-10-16/h1-10,17-20,22-23H,11-14H2/t17-,18-,19-,20-,21+/m1/s1. The van der Waals surface area contributed by atoms with Crippen molar-refractivity contribution in [1.82, 2.24) is 0 Å². The largest absolute Gasteiger partial charge is 0.393 e. The fourth-order valence-corrected chi connectivity index (χ4v) is 3.59. The maximum Gasteiger partial charge on any atom is 0.187 e. The summed E-state index contributed by atoms with van der Waals surface area (Å²) in [6, 6.07) is 19.4. The average Bonchev–Trinajstić information content (AvgIpc) is 3.18. The molecular formula is C21H24O6. The Hall–Kier alpha value is -1.80. The van der Waals surface area contributed by atoms with Crippen LogP contribution in [0.4, 0.5) is 0 Å². The number of aliphatic hydroxyl groups excluding tert-OH is 1. The van der Waals surface area contributed by atoms with Crippen LogP contribution in [-0.4, -0.2) is 53.6 Å². The molecule has 5 atom stereocenters. The van der Waals surface area contributed by atoms with Crippen LogP contribution in [0.2, 0.25) is 0 Å². The van der Waals surface area contributed by atoms with Gasteiger partial charge in [-0.05, 0) is 11.1 Å². The number of benzene rings is 2. The maximum absolute atomic E-state index is 11.1. The number of rotatable bonds is 7.